The molecule has 0 radical (unpaired) electrons. The Morgan fingerprint density at radius 1 is 1.09 bits per heavy atom. The van der Waals surface area contributed by atoms with Gasteiger partial charge in [-0.2, -0.15) is 0 Å². The van der Waals surface area contributed by atoms with Crippen LogP contribution in [0.5, 0.6) is 0 Å². The molecule has 1 fully saturated rings. The van der Waals surface area contributed by atoms with Gasteiger partial charge in [0.2, 0.25) is 0 Å². The SMILES string of the molecule is CC(C)N1CCC(NC(=O)c2cc3ccccc3n2Cc2cc3ccc(Cl)cc3s2)CC1. The number of para-hydroxylation sites is 1. The maximum atomic E-state index is 13.4. The third-order valence-electron chi connectivity index (χ3n) is 6.49. The largest absolute Gasteiger partial charge is 0.348 e. The molecule has 0 spiro atoms. The zero-order valence-corrected chi connectivity index (χ0v) is 20.0. The van der Waals surface area contributed by atoms with Crippen LogP contribution in [0.2, 0.25) is 5.02 Å². The minimum absolute atomic E-state index is 0.0216. The van der Waals surface area contributed by atoms with Gasteiger partial charge in [-0.05, 0) is 62.4 Å². The lowest BCUT2D eigenvalue weighted by Crippen LogP contribution is -2.46. The highest BCUT2D eigenvalue weighted by atomic mass is 35.5. The Labute approximate surface area is 197 Å². The van der Waals surface area contributed by atoms with Crippen molar-refractivity contribution in [3.63, 3.8) is 0 Å². The second kappa shape index (κ2) is 8.89. The van der Waals surface area contributed by atoms with E-state index < -0.39 is 0 Å². The summed E-state index contributed by atoms with van der Waals surface area (Å²) in [5, 5.41) is 6.35. The first-order valence-electron chi connectivity index (χ1n) is 11.3. The second-order valence-corrected chi connectivity index (χ2v) is 10.6. The van der Waals surface area contributed by atoms with E-state index in [4.69, 9.17) is 11.6 Å². The molecule has 2 aromatic heterocycles. The number of thiophene rings is 1. The molecule has 1 aliphatic rings. The second-order valence-electron chi connectivity index (χ2n) is 8.95. The third-order valence-corrected chi connectivity index (χ3v) is 7.80. The van der Waals surface area contributed by atoms with Gasteiger partial charge < -0.3 is 14.8 Å². The smallest absolute Gasteiger partial charge is 0.268 e. The molecule has 32 heavy (non-hydrogen) atoms. The van der Waals surface area contributed by atoms with Crippen LogP contribution in [0.25, 0.3) is 21.0 Å². The normalized spacial score (nSPS) is 15.8. The number of hydrogen-bond acceptors (Lipinski definition) is 3. The van der Waals surface area contributed by atoms with Crippen LogP contribution in [0.3, 0.4) is 0 Å². The predicted molar refractivity (Wildman–Crippen MR) is 135 cm³/mol. The first kappa shape index (κ1) is 21.5. The van der Waals surface area contributed by atoms with E-state index in [-0.39, 0.29) is 11.9 Å². The highest BCUT2D eigenvalue weighted by molar-refractivity contribution is 7.19. The molecule has 0 unspecified atom stereocenters. The van der Waals surface area contributed by atoms with Crippen LogP contribution in [0.15, 0.2) is 54.6 Å². The van der Waals surface area contributed by atoms with Gasteiger partial charge >= 0.3 is 0 Å². The molecule has 1 amide bonds. The molecular formula is C26H28ClN3OS. The summed E-state index contributed by atoms with van der Waals surface area (Å²) in [6.45, 7) is 7.21. The van der Waals surface area contributed by atoms with E-state index in [9.17, 15) is 4.79 Å². The Morgan fingerprint density at radius 3 is 2.66 bits per heavy atom. The van der Waals surface area contributed by atoms with Gasteiger partial charge in [0, 0.05) is 50.7 Å². The summed E-state index contributed by atoms with van der Waals surface area (Å²) in [6, 6.07) is 19.2. The van der Waals surface area contributed by atoms with Gasteiger partial charge in [-0.1, -0.05) is 35.9 Å². The summed E-state index contributed by atoms with van der Waals surface area (Å²) >= 11 is 7.91. The minimum atomic E-state index is 0.0216. The van der Waals surface area contributed by atoms with Gasteiger partial charge in [0.15, 0.2) is 0 Å². The maximum Gasteiger partial charge on any atom is 0.268 e. The van der Waals surface area contributed by atoms with Crippen molar-refractivity contribution in [2.75, 3.05) is 13.1 Å². The fourth-order valence-corrected chi connectivity index (χ4v) is 6.01. The van der Waals surface area contributed by atoms with Gasteiger partial charge in [0.25, 0.3) is 5.91 Å². The molecule has 0 saturated carbocycles. The number of rotatable bonds is 5. The van der Waals surface area contributed by atoms with Crippen LogP contribution in [0.1, 0.15) is 42.1 Å². The third kappa shape index (κ3) is 4.29. The molecule has 1 aliphatic heterocycles. The van der Waals surface area contributed by atoms with Crippen LogP contribution < -0.4 is 5.32 Å². The van der Waals surface area contributed by atoms with Crippen molar-refractivity contribution in [2.45, 2.75) is 45.3 Å². The Morgan fingerprint density at radius 2 is 1.88 bits per heavy atom. The van der Waals surface area contributed by atoms with Crippen molar-refractivity contribution in [3.05, 3.63) is 70.2 Å². The lowest BCUT2D eigenvalue weighted by atomic mass is 10.0. The van der Waals surface area contributed by atoms with E-state index >= 15 is 0 Å². The predicted octanol–water partition coefficient (Wildman–Crippen LogP) is 6.16. The zero-order chi connectivity index (χ0) is 22.2. The quantitative estimate of drug-likeness (QED) is 0.383. The Kier molecular flexibility index (Phi) is 5.97. The van der Waals surface area contributed by atoms with Crippen molar-refractivity contribution in [1.29, 1.82) is 0 Å². The summed E-state index contributed by atoms with van der Waals surface area (Å²) in [4.78, 5) is 17.1. The summed E-state index contributed by atoms with van der Waals surface area (Å²) in [5.74, 6) is 0.0216. The topological polar surface area (TPSA) is 37.3 Å². The summed E-state index contributed by atoms with van der Waals surface area (Å²) in [6.07, 6.45) is 2.00. The average molecular weight is 466 g/mol. The lowest BCUT2D eigenvalue weighted by Gasteiger charge is -2.34. The van der Waals surface area contributed by atoms with E-state index in [1.165, 1.54) is 15.0 Å². The van der Waals surface area contributed by atoms with E-state index in [1.54, 1.807) is 11.3 Å². The number of nitrogens with zero attached hydrogens (tertiary/aromatic N) is 2. The molecule has 0 bridgehead atoms. The Hall–Kier alpha value is -2.34. The van der Waals surface area contributed by atoms with Crippen molar-refractivity contribution in [2.24, 2.45) is 0 Å². The molecule has 5 rings (SSSR count). The molecule has 0 aliphatic carbocycles. The van der Waals surface area contributed by atoms with Crippen molar-refractivity contribution in [1.82, 2.24) is 14.8 Å². The molecule has 0 atom stereocenters. The number of carbonyl (C=O) groups excluding carboxylic acids is 1. The number of amides is 1. The molecule has 6 heteroatoms. The number of piperidine rings is 1. The molecule has 4 aromatic rings. The van der Waals surface area contributed by atoms with E-state index in [1.807, 2.05) is 30.3 Å². The average Bonchev–Trinajstić information content (AvgIpc) is 3.35. The number of nitrogens with one attached hydrogen (secondary N) is 1. The minimum Gasteiger partial charge on any atom is -0.348 e. The van der Waals surface area contributed by atoms with Crippen LogP contribution in [-0.2, 0) is 6.54 Å². The number of fused-ring (bicyclic) bond motifs is 2. The fourth-order valence-electron chi connectivity index (χ4n) is 4.68. The van der Waals surface area contributed by atoms with E-state index in [0.29, 0.717) is 12.6 Å². The fraction of sp³-hybridized carbons (Fsp3) is 0.346. The lowest BCUT2D eigenvalue weighted by molar-refractivity contribution is 0.0892. The number of carbonyl (C=O) groups is 1. The Balaban J connectivity index is 1.42. The van der Waals surface area contributed by atoms with Gasteiger partial charge in [-0.15, -0.1) is 11.3 Å². The molecule has 4 nitrogen and oxygen atoms in total. The molecule has 3 heterocycles. The standard InChI is InChI=1S/C26H28ClN3OS/c1-17(2)29-11-9-21(10-12-29)28-26(31)24-14-18-5-3-4-6-23(18)30(24)16-22-13-19-7-8-20(27)15-25(19)32-22/h3-8,13-15,17,21H,9-12,16H2,1-2H3,(H,28,31). The maximum absolute atomic E-state index is 13.4. The molecular weight excluding hydrogens is 438 g/mol. The van der Waals surface area contributed by atoms with Gasteiger partial charge in [0.1, 0.15) is 5.69 Å². The highest BCUT2D eigenvalue weighted by Crippen LogP contribution is 2.30. The van der Waals surface area contributed by atoms with Crippen LogP contribution in [-0.4, -0.2) is 40.5 Å². The van der Waals surface area contributed by atoms with Gasteiger partial charge in [-0.25, -0.2) is 0 Å². The molecule has 166 valence electrons. The number of likely N-dealkylation sites (tertiary alicyclic amines) is 1. The van der Waals surface area contributed by atoms with Crippen LogP contribution in [0, 0.1) is 0 Å². The summed E-state index contributed by atoms with van der Waals surface area (Å²) < 4.78 is 3.33. The number of halogens is 1. The number of hydrogen-bond donors (Lipinski definition) is 1. The zero-order valence-electron chi connectivity index (χ0n) is 18.5. The van der Waals surface area contributed by atoms with Gasteiger partial charge in [0.05, 0.1) is 6.54 Å². The first-order chi connectivity index (χ1) is 15.5. The van der Waals surface area contributed by atoms with Crippen molar-refractivity contribution in [3.8, 4) is 0 Å². The summed E-state index contributed by atoms with van der Waals surface area (Å²) in [5.41, 5.74) is 1.82. The molecule has 2 aromatic carbocycles. The monoisotopic (exact) mass is 465 g/mol. The molecule has 1 N–H and O–H groups in total. The number of benzene rings is 2. The van der Waals surface area contributed by atoms with E-state index in [0.717, 1.165) is 47.6 Å². The molecule has 1 saturated heterocycles. The Bertz CT molecular complexity index is 1270. The van der Waals surface area contributed by atoms with E-state index in [2.05, 4.69) is 52.9 Å². The summed E-state index contributed by atoms with van der Waals surface area (Å²) in [7, 11) is 0. The van der Waals surface area contributed by atoms with Crippen molar-refractivity contribution < 1.29 is 4.79 Å². The highest BCUT2D eigenvalue weighted by Gasteiger charge is 2.24. The van der Waals surface area contributed by atoms with Gasteiger partial charge in [-0.3, -0.25) is 4.79 Å². The van der Waals surface area contributed by atoms with Crippen LogP contribution >= 0.6 is 22.9 Å². The van der Waals surface area contributed by atoms with Crippen molar-refractivity contribution >= 4 is 49.8 Å². The van der Waals surface area contributed by atoms with Crippen LogP contribution in [0.4, 0.5) is 0 Å². The first-order valence-corrected chi connectivity index (χ1v) is 12.5. The number of aromatic nitrogens is 1.